The van der Waals surface area contributed by atoms with Crippen LogP contribution in [0, 0.1) is 0 Å². The van der Waals surface area contributed by atoms with Gasteiger partial charge in [-0.15, -0.1) is 11.3 Å². The van der Waals surface area contributed by atoms with E-state index in [1.807, 2.05) is 47.8 Å². The number of hydrazone groups is 1. The Labute approximate surface area is 171 Å². The van der Waals surface area contributed by atoms with E-state index < -0.39 is 0 Å². The Bertz CT molecular complexity index is 844. The molecule has 0 saturated heterocycles. The van der Waals surface area contributed by atoms with Crippen LogP contribution < -0.4 is 10.2 Å². The lowest BCUT2D eigenvalue weighted by Gasteiger charge is -2.06. The van der Waals surface area contributed by atoms with E-state index in [4.69, 9.17) is 4.74 Å². The molecule has 0 amide bonds. The Kier molecular flexibility index (Phi) is 8.07. The number of rotatable bonds is 11. The van der Waals surface area contributed by atoms with Crippen LogP contribution >= 0.6 is 11.3 Å². The van der Waals surface area contributed by atoms with Gasteiger partial charge in [-0.1, -0.05) is 62.9 Å². The topological polar surface area (TPSA) is 46.5 Å². The maximum Gasteiger partial charge on any atom is 0.203 e. The molecule has 3 rings (SSSR count). The molecule has 146 valence electrons. The fourth-order valence-electron chi connectivity index (χ4n) is 2.77. The summed E-state index contributed by atoms with van der Waals surface area (Å²) in [4.78, 5) is 4.56. The highest BCUT2D eigenvalue weighted by Gasteiger charge is 2.02. The van der Waals surface area contributed by atoms with Crippen molar-refractivity contribution < 1.29 is 4.74 Å². The molecule has 28 heavy (non-hydrogen) atoms. The predicted molar refractivity (Wildman–Crippen MR) is 119 cm³/mol. The molecular weight excluding hydrogens is 366 g/mol. The van der Waals surface area contributed by atoms with Crippen LogP contribution in [0.25, 0.3) is 11.3 Å². The number of thiazole rings is 1. The first kappa shape index (κ1) is 20.1. The van der Waals surface area contributed by atoms with Gasteiger partial charge in [0.1, 0.15) is 5.75 Å². The van der Waals surface area contributed by atoms with Crippen molar-refractivity contribution in [3.05, 3.63) is 65.5 Å². The van der Waals surface area contributed by atoms with E-state index in [0.717, 1.165) is 40.7 Å². The molecule has 0 radical (unpaired) electrons. The number of unbranched alkanes of at least 4 members (excludes halogenated alkanes) is 4. The third kappa shape index (κ3) is 6.50. The summed E-state index contributed by atoms with van der Waals surface area (Å²) >= 11 is 1.54. The third-order valence-corrected chi connectivity index (χ3v) is 5.09. The molecule has 5 heteroatoms. The average molecular weight is 394 g/mol. The van der Waals surface area contributed by atoms with Crippen LogP contribution in [0.1, 0.15) is 44.6 Å². The standard InChI is InChI=1S/C23H27N3OS/c1-2-3-4-5-9-16-27-21-14-12-19(13-15-21)17-24-26-23-25-22(18-28-23)20-10-7-6-8-11-20/h6-8,10-15,17-18H,2-5,9,16H2,1H3,(H,25,26)/b24-17-. The van der Waals surface area contributed by atoms with E-state index in [1.54, 1.807) is 17.6 Å². The molecule has 0 unspecified atom stereocenters. The number of anilines is 1. The summed E-state index contributed by atoms with van der Waals surface area (Å²) in [6, 6.07) is 18.1. The van der Waals surface area contributed by atoms with Gasteiger partial charge in [0.05, 0.1) is 18.5 Å². The van der Waals surface area contributed by atoms with Crippen molar-refractivity contribution >= 4 is 22.7 Å². The Balaban J connectivity index is 1.43. The zero-order chi connectivity index (χ0) is 19.4. The lowest BCUT2D eigenvalue weighted by atomic mass is 10.2. The molecule has 2 aromatic carbocycles. The van der Waals surface area contributed by atoms with Gasteiger partial charge in [-0.05, 0) is 36.2 Å². The van der Waals surface area contributed by atoms with E-state index >= 15 is 0 Å². The molecule has 1 heterocycles. The average Bonchev–Trinajstić information content (AvgIpc) is 3.21. The highest BCUT2D eigenvalue weighted by molar-refractivity contribution is 7.14. The smallest absolute Gasteiger partial charge is 0.203 e. The molecule has 0 aliphatic carbocycles. The highest BCUT2D eigenvalue weighted by Crippen LogP contribution is 2.24. The Morgan fingerprint density at radius 3 is 2.57 bits per heavy atom. The summed E-state index contributed by atoms with van der Waals surface area (Å²) in [6.45, 7) is 3.02. The van der Waals surface area contributed by atoms with Crippen molar-refractivity contribution in [3.63, 3.8) is 0 Å². The molecule has 1 N–H and O–H groups in total. The number of benzene rings is 2. The normalized spacial score (nSPS) is 11.0. The van der Waals surface area contributed by atoms with Gasteiger partial charge < -0.3 is 4.74 Å². The van der Waals surface area contributed by atoms with Crippen molar-refractivity contribution in [2.24, 2.45) is 5.10 Å². The van der Waals surface area contributed by atoms with Crippen molar-refractivity contribution in [2.45, 2.75) is 39.0 Å². The maximum atomic E-state index is 5.79. The first-order valence-corrected chi connectivity index (χ1v) is 10.8. The SMILES string of the molecule is CCCCCCCOc1ccc(/C=N\Nc2nc(-c3ccccc3)cs2)cc1. The molecule has 0 bridgehead atoms. The quantitative estimate of drug-likeness (QED) is 0.227. The molecule has 0 atom stereocenters. The molecule has 3 aromatic rings. The Morgan fingerprint density at radius 2 is 1.79 bits per heavy atom. The third-order valence-electron chi connectivity index (χ3n) is 4.34. The first-order valence-electron chi connectivity index (χ1n) is 9.88. The Hall–Kier alpha value is -2.66. The molecular formula is C23H27N3OS. The van der Waals surface area contributed by atoms with E-state index in [1.165, 1.54) is 25.7 Å². The lowest BCUT2D eigenvalue weighted by molar-refractivity contribution is 0.304. The fraction of sp³-hybridized carbons (Fsp3) is 0.304. The van der Waals surface area contributed by atoms with Crippen LogP contribution in [0.5, 0.6) is 5.75 Å². The minimum Gasteiger partial charge on any atom is -0.494 e. The zero-order valence-electron chi connectivity index (χ0n) is 16.3. The van der Waals surface area contributed by atoms with Gasteiger partial charge >= 0.3 is 0 Å². The summed E-state index contributed by atoms with van der Waals surface area (Å²) in [5, 5.41) is 7.09. The second-order valence-electron chi connectivity index (χ2n) is 6.61. The molecule has 0 spiro atoms. The van der Waals surface area contributed by atoms with E-state index in [2.05, 4.69) is 34.6 Å². The number of nitrogens with zero attached hydrogens (tertiary/aromatic N) is 2. The van der Waals surface area contributed by atoms with Crippen molar-refractivity contribution in [2.75, 3.05) is 12.0 Å². The summed E-state index contributed by atoms with van der Waals surface area (Å²) < 4.78 is 5.79. The van der Waals surface area contributed by atoms with Crippen LogP contribution in [0.4, 0.5) is 5.13 Å². The first-order chi connectivity index (χ1) is 13.8. The fourth-order valence-corrected chi connectivity index (χ4v) is 3.44. The van der Waals surface area contributed by atoms with Gasteiger partial charge in [0.25, 0.3) is 0 Å². The zero-order valence-corrected chi connectivity index (χ0v) is 17.1. The van der Waals surface area contributed by atoms with E-state index in [0.29, 0.717) is 0 Å². The number of hydrogen-bond donors (Lipinski definition) is 1. The number of nitrogens with one attached hydrogen (secondary N) is 1. The minimum atomic E-state index is 0.776. The largest absolute Gasteiger partial charge is 0.494 e. The monoisotopic (exact) mass is 393 g/mol. The van der Waals surface area contributed by atoms with Crippen LogP contribution in [0.2, 0.25) is 0 Å². The van der Waals surface area contributed by atoms with Gasteiger partial charge in [-0.25, -0.2) is 4.98 Å². The van der Waals surface area contributed by atoms with Crippen LogP contribution in [-0.4, -0.2) is 17.8 Å². The minimum absolute atomic E-state index is 0.776. The molecule has 0 fully saturated rings. The van der Waals surface area contributed by atoms with E-state index in [9.17, 15) is 0 Å². The summed E-state index contributed by atoms with van der Waals surface area (Å²) in [7, 11) is 0. The van der Waals surface area contributed by atoms with Crippen LogP contribution in [-0.2, 0) is 0 Å². The van der Waals surface area contributed by atoms with Gasteiger partial charge in [-0.2, -0.15) is 5.10 Å². The van der Waals surface area contributed by atoms with Crippen molar-refractivity contribution in [1.82, 2.24) is 4.98 Å². The van der Waals surface area contributed by atoms with Crippen LogP contribution in [0.15, 0.2) is 65.1 Å². The second kappa shape index (κ2) is 11.2. The van der Waals surface area contributed by atoms with Gasteiger partial charge in [-0.3, -0.25) is 5.43 Å². The second-order valence-corrected chi connectivity index (χ2v) is 7.46. The number of ether oxygens (including phenoxy) is 1. The van der Waals surface area contributed by atoms with Crippen LogP contribution in [0.3, 0.4) is 0 Å². The number of aromatic nitrogens is 1. The van der Waals surface area contributed by atoms with Gasteiger partial charge in [0.15, 0.2) is 0 Å². The molecule has 0 aliphatic heterocycles. The lowest BCUT2D eigenvalue weighted by Crippen LogP contribution is -1.97. The molecule has 1 aromatic heterocycles. The van der Waals surface area contributed by atoms with Gasteiger partial charge in [0, 0.05) is 10.9 Å². The van der Waals surface area contributed by atoms with Crippen molar-refractivity contribution in [3.8, 4) is 17.0 Å². The molecule has 4 nitrogen and oxygen atoms in total. The Morgan fingerprint density at radius 1 is 1.00 bits per heavy atom. The molecule has 0 aliphatic rings. The van der Waals surface area contributed by atoms with Crippen molar-refractivity contribution in [1.29, 1.82) is 0 Å². The van der Waals surface area contributed by atoms with Gasteiger partial charge in [0.2, 0.25) is 5.13 Å². The maximum absolute atomic E-state index is 5.79. The van der Waals surface area contributed by atoms with E-state index in [-0.39, 0.29) is 0 Å². The summed E-state index contributed by atoms with van der Waals surface area (Å²) in [6.07, 6.45) is 8.04. The highest BCUT2D eigenvalue weighted by atomic mass is 32.1. The summed E-state index contributed by atoms with van der Waals surface area (Å²) in [5.41, 5.74) is 6.08. The molecule has 0 saturated carbocycles. The predicted octanol–water partition coefficient (Wildman–Crippen LogP) is 6.61. The number of hydrogen-bond acceptors (Lipinski definition) is 5. The summed E-state index contributed by atoms with van der Waals surface area (Å²) in [5.74, 6) is 0.910.